The molecule has 2 atom stereocenters. The fourth-order valence-corrected chi connectivity index (χ4v) is 6.07. The molecule has 2 aliphatic rings. The molecule has 41 heavy (non-hydrogen) atoms. The summed E-state index contributed by atoms with van der Waals surface area (Å²) < 4.78 is 18.7. The van der Waals surface area contributed by atoms with Gasteiger partial charge in [0, 0.05) is 37.2 Å². The molecule has 5 rings (SSSR count). The van der Waals surface area contributed by atoms with Crippen LogP contribution in [0.2, 0.25) is 5.02 Å². The first kappa shape index (κ1) is 29.3. The van der Waals surface area contributed by atoms with Gasteiger partial charge in [0.25, 0.3) is 0 Å². The molecule has 0 radical (unpaired) electrons. The molecule has 1 aliphatic carbocycles. The van der Waals surface area contributed by atoms with E-state index in [9.17, 15) is 4.79 Å². The van der Waals surface area contributed by atoms with Crippen LogP contribution in [0.5, 0.6) is 17.2 Å². The number of nitrogens with one attached hydrogen (secondary N) is 2. The number of benzene rings is 3. The second kappa shape index (κ2) is 13.6. The average Bonchev–Trinajstić information content (AvgIpc) is 3.58. The largest absolute Gasteiger partial charge is 0.493 e. The summed E-state index contributed by atoms with van der Waals surface area (Å²) in [5.74, 6) is 2.47. The van der Waals surface area contributed by atoms with Crippen LogP contribution in [0.15, 0.2) is 48.5 Å². The molecular weight excluding hydrogens is 536 g/mol. The minimum Gasteiger partial charge on any atom is -0.493 e. The zero-order valence-corrected chi connectivity index (χ0v) is 25.1. The molecule has 1 saturated heterocycles. The fourth-order valence-electron chi connectivity index (χ4n) is 5.84. The first-order valence-electron chi connectivity index (χ1n) is 14.9. The van der Waals surface area contributed by atoms with Gasteiger partial charge in [-0.2, -0.15) is 0 Å². The Hall–Kier alpha value is -3.22. The number of hydrogen-bond donors (Lipinski definition) is 2. The molecule has 1 amide bonds. The first-order chi connectivity index (χ1) is 20.0. The third-order valence-electron chi connectivity index (χ3n) is 8.02. The molecule has 6 nitrogen and oxygen atoms in total. The molecule has 218 valence electrons. The molecule has 1 aliphatic heterocycles. The number of halogens is 1. The van der Waals surface area contributed by atoms with E-state index in [2.05, 4.69) is 60.9 Å². The molecule has 1 fully saturated rings. The number of ether oxygens (including phenoxy) is 3. The van der Waals surface area contributed by atoms with Gasteiger partial charge in [0.15, 0.2) is 0 Å². The monoisotopic (exact) mass is 576 g/mol. The van der Waals surface area contributed by atoms with Crippen LogP contribution in [0.1, 0.15) is 74.3 Å². The summed E-state index contributed by atoms with van der Waals surface area (Å²) in [6, 6.07) is 16.9. The highest BCUT2D eigenvalue weighted by Crippen LogP contribution is 2.44. The number of carbonyl (C=O) groups is 1. The fraction of sp³-hybridized carbons (Fsp3) is 0.441. The Morgan fingerprint density at radius 2 is 1.80 bits per heavy atom. The number of fused-ring (bicyclic) bond motifs is 1. The van der Waals surface area contributed by atoms with Crippen molar-refractivity contribution in [3.8, 4) is 28.4 Å². The van der Waals surface area contributed by atoms with E-state index >= 15 is 0 Å². The van der Waals surface area contributed by atoms with Gasteiger partial charge in [0.2, 0.25) is 5.91 Å². The summed E-state index contributed by atoms with van der Waals surface area (Å²) in [4.78, 5) is 11.5. The van der Waals surface area contributed by atoms with Crippen molar-refractivity contribution in [2.45, 2.75) is 78.0 Å². The maximum absolute atomic E-state index is 11.5. The van der Waals surface area contributed by atoms with Gasteiger partial charge in [-0.1, -0.05) is 55.3 Å². The Morgan fingerprint density at radius 1 is 0.976 bits per heavy atom. The van der Waals surface area contributed by atoms with Crippen molar-refractivity contribution in [1.82, 2.24) is 10.6 Å². The number of amides is 1. The van der Waals surface area contributed by atoms with Crippen molar-refractivity contribution in [1.29, 1.82) is 0 Å². The van der Waals surface area contributed by atoms with E-state index in [0.717, 1.165) is 55.8 Å². The summed E-state index contributed by atoms with van der Waals surface area (Å²) >= 11 is 6.77. The average molecular weight is 577 g/mol. The van der Waals surface area contributed by atoms with Crippen molar-refractivity contribution in [3.63, 3.8) is 0 Å². The van der Waals surface area contributed by atoms with Crippen molar-refractivity contribution >= 4 is 17.5 Å². The topological polar surface area (TPSA) is 68.8 Å². The van der Waals surface area contributed by atoms with E-state index in [1.807, 2.05) is 19.1 Å². The second-order valence-corrected chi connectivity index (χ2v) is 11.3. The zero-order chi connectivity index (χ0) is 28.8. The van der Waals surface area contributed by atoms with Crippen LogP contribution in [-0.4, -0.2) is 31.7 Å². The number of rotatable bonds is 13. The highest BCUT2D eigenvalue weighted by molar-refractivity contribution is 6.32. The summed E-state index contributed by atoms with van der Waals surface area (Å²) in [5, 5.41) is 7.00. The molecule has 3 aromatic rings. The van der Waals surface area contributed by atoms with Gasteiger partial charge in [-0.25, -0.2) is 0 Å². The first-order valence-corrected chi connectivity index (χ1v) is 15.3. The molecule has 0 aromatic heterocycles. The van der Waals surface area contributed by atoms with Crippen molar-refractivity contribution in [2.24, 2.45) is 0 Å². The van der Waals surface area contributed by atoms with E-state index < -0.39 is 0 Å². The van der Waals surface area contributed by atoms with Crippen molar-refractivity contribution in [3.05, 3.63) is 75.8 Å². The number of unbranched alkanes of at least 4 members (excludes halogenated alkanes) is 1. The lowest BCUT2D eigenvalue weighted by molar-refractivity contribution is -0.119. The molecule has 1 heterocycles. The minimum atomic E-state index is -0.0869. The van der Waals surface area contributed by atoms with Crippen LogP contribution in [-0.2, 0) is 17.8 Å². The van der Waals surface area contributed by atoms with E-state index in [-0.39, 0.29) is 18.1 Å². The van der Waals surface area contributed by atoms with Gasteiger partial charge in [-0.15, -0.1) is 0 Å². The lowest BCUT2D eigenvalue weighted by Gasteiger charge is -2.20. The SMILES string of the molecule is CCCCOc1cccc(-c2cccc3c2CC[C@@H]3Oc2cc(OCC)c(CNC[C@@H]3CCC(=O)N3)cc2Cl)c1C. The van der Waals surface area contributed by atoms with Gasteiger partial charge < -0.3 is 24.8 Å². The van der Waals surface area contributed by atoms with Crippen molar-refractivity contribution < 1.29 is 19.0 Å². The van der Waals surface area contributed by atoms with Gasteiger partial charge in [0.1, 0.15) is 23.4 Å². The molecular formula is C34H41ClN2O4. The molecule has 0 spiro atoms. The molecule has 2 N–H and O–H groups in total. The van der Waals surface area contributed by atoms with Crippen LogP contribution in [0.25, 0.3) is 11.1 Å². The lowest BCUT2D eigenvalue weighted by Crippen LogP contribution is -2.35. The predicted octanol–water partition coefficient (Wildman–Crippen LogP) is 7.33. The predicted molar refractivity (Wildman–Crippen MR) is 164 cm³/mol. The summed E-state index contributed by atoms with van der Waals surface area (Å²) in [7, 11) is 0. The van der Waals surface area contributed by atoms with Gasteiger partial charge in [0.05, 0.1) is 18.2 Å². The maximum Gasteiger partial charge on any atom is 0.220 e. The van der Waals surface area contributed by atoms with E-state index in [4.69, 9.17) is 25.8 Å². The second-order valence-electron chi connectivity index (χ2n) is 10.9. The van der Waals surface area contributed by atoms with E-state index in [0.29, 0.717) is 36.9 Å². The highest BCUT2D eigenvalue weighted by Gasteiger charge is 2.28. The van der Waals surface area contributed by atoms with Gasteiger partial charge >= 0.3 is 0 Å². The number of carbonyl (C=O) groups excluding carboxylic acids is 1. The Morgan fingerprint density at radius 3 is 2.59 bits per heavy atom. The molecule has 0 unspecified atom stereocenters. The molecule has 0 saturated carbocycles. The Kier molecular flexibility index (Phi) is 9.73. The smallest absolute Gasteiger partial charge is 0.220 e. The molecule has 7 heteroatoms. The normalized spacial score (nSPS) is 17.8. The molecule has 3 aromatic carbocycles. The zero-order valence-electron chi connectivity index (χ0n) is 24.4. The Balaban J connectivity index is 1.33. The van der Waals surface area contributed by atoms with Crippen LogP contribution in [0.3, 0.4) is 0 Å². The van der Waals surface area contributed by atoms with E-state index in [1.165, 1.54) is 27.8 Å². The van der Waals surface area contributed by atoms with Crippen LogP contribution in [0, 0.1) is 6.92 Å². The van der Waals surface area contributed by atoms with Crippen molar-refractivity contribution in [2.75, 3.05) is 19.8 Å². The van der Waals surface area contributed by atoms with Crippen LogP contribution in [0.4, 0.5) is 0 Å². The summed E-state index contributed by atoms with van der Waals surface area (Å²) in [6.45, 7) is 8.88. The maximum atomic E-state index is 11.5. The lowest BCUT2D eigenvalue weighted by atomic mass is 9.93. The summed E-state index contributed by atoms with van der Waals surface area (Å²) in [6.07, 6.45) is 5.36. The van der Waals surface area contributed by atoms with Crippen LogP contribution >= 0.6 is 11.6 Å². The van der Waals surface area contributed by atoms with Gasteiger partial charge in [-0.3, -0.25) is 4.79 Å². The standard InChI is InChI=1S/C34H41ClN2O4/c1-4-6-17-40-30-12-8-9-25(22(30)3)26-10-7-11-28-27(26)14-15-31(28)41-33-19-32(39-5-2)23(18-29(33)35)20-36-21-24-13-16-34(38)37-24/h7-12,18-19,24,31,36H,4-6,13-17,20-21H2,1-3H3,(H,37,38)/t24-,31-/m0/s1. The Labute approximate surface area is 248 Å². The quantitative estimate of drug-likeness (QED) is 0.209. The molecule has 0 bridgehead atoms. The third kappa shape index (κ3) is 6.82. The minimum absolute atomic E-state index is 0.0869. The third-order valence-corrected chi connectivity index (χ3v) is 8.32. The summed E-state index contributed by atoms with van der Waals surface area (Å²) in [5.41, 5.74) is 7.13. The van der Waals surface area contributed by atoms with Gasteiger partial charge in [-0.05, 0) is 79.5 Å². The van der Waals surface area contributed by atoms with E-state index in [1.54, 1.807) is 0 Å². The van der Waals surface area contributed by atoms with Crippen LogP contribution < -0.4 is 24.8 Å². The Bertz CT molecular complexity index is 1380. The highest BCUT2D eigenvalue weighted by atomic mass is 35.5. The number of hydrogen-bond acceptors (Lipinski definition) is 5.